The second-order valence-electron chi connectivity index (χ2n) is 16.5. The van der Waals surface area contributed by atoms with Crippen molar-refractivity contribution in [2.45, 2.75) is 0 Å². The van der Waals surface area contributed by atoms with Gasteiger partial charge in [-0.05, 0) is 149 Å². The van der Waals surface area contributed by atoms with Crippen LogP contribution in [-0.2, 0) is 0 Å². The van der Waals surface area contributed by atoms with Crippen molar-refractivity contribution >= 4 is 88.0 Å². The van der Waals surface area contributed by atoms with Crippen molar-refractivity contribution in [2.75, 3.05) is 9.80 Å². The van der Waals surface area contributed by atoms with Gasteiger partial charge in [-0.1, -0.05) is 182 Å². The summed E-state index contributed by atoms with van der Waals surface area (Å²) in [5.41, 5.74) is 11.5. The summed E-state index contributed by atoms with van der Waals surface area (Å²) in [7, 11) is 0. The molecule has 0 saturated heterocycles. The Bertz CT molecular complexity index is 3380. The van der Waals surface area contributed by atoms with Crippen molar-refractivity contribution in [3.63, 3.8) is 0 Å². The zero-order valence-corrected chi connectivity index (χ0v) is 35.1. The zero-order chi connectivity index (χ0) is 42.4. The topological polar surface area (TPSA) is 6.48 Å². The number of benzene rings is 12. The third-order valence-corrected chi connectivity index (χ3v) is 12.8. The molecule has 0 saturated carbocycles. The van der Waals surface area contributed by atoms with Gasteiger partial charge in [0.25, 0.3) is 0 Å². The van der Waals surface area contributed by atoms with E-state index in [9.17, 15) is 0 Å². The SMILES string of the molecule is c1ccc(-c2ccc(N(c3ccccc3)c3ccc4c(c3)c3ccccc3c3c5ccc(N(c6ccccc6)c6ccc(-c7ccccc7)cc6)cc5c5ccccc5c43)cc2)cc1. The summed E-state index contributed by atoms with van der Waals surface area (Å²) in [5, 5.41) is 12.5. The lowest BCUT2D eigenvalue weighted by molar-refractivity contribution is 1.29. The third-order valence-electron chi connectivity index (χ3n) is 12.8. The van der Waals surface area contributed by atoms with Gasteiger partial charge in [0.15, 0.2) is 0 Å². The molecule has 0 atom stereocenters. The fraction of sp³-hybridized carbons (Fsp3) is 0. The van der Waals surface area contributed by atoms with Crippen LogP contribution in [0.3, 0.4) is 0 Å². The predicted molar refractivity (Wildman–Crippen MR) is 274 cm³/mol. The van der Waals surface area contributed by atoms with Crippen LogP contribution in [0.25, 0.3) is 76.1 Å². The summed E-state index contributed by atoms with van der Waals surface area (Å²) >= 11 is 0. The Morgan fingerprint density at radius 2 is 0.438 bits per heavy atom. The van der Waals surface area contributed by atoms with Crippen LogP contribution in [0.2, 0.25) is 0 Å². The normalized spacial score (nSPS) is 11.4. The van der Waals surface area contributed by atoms with Crippen molar-refractivity contribution in [1.29, 1.82) is 0 Å². The summed E-state index contributed by atoms with van der Waals surface area (Å²) in [4.78, 5) is 4.75. The van der Waals surface area contributed by atoms with E-state index in [0.29, 0.717) is 0 Å². The molecule has 0 aromatic heterocycles. The molecular formula is C62H42N2. The highest BCUT2D eigenvalue weighted by Crippen LogP contribution is 2.47. The van der Waals surface area contributed by atoms with Gasteiger partial charge in [-0.15, -0.1) is 0 Å². The van der Waals surface area contributed by atoms with Crippen LogP contribution in [0.1, 0.15) is 0 Å². The fourth-order valence-electron chi connectivity index (χ4n) is 9.84. The van der Waals surface area contributed by atoms with Gasteiger partial charge in [-0.3, -0.25) is 0 Å². The highest BCUT2D eigenvalue weighted by Gasteiger charge is 2.21. The molecule has 64 heavy (non-hydrogen) atoms. The Morgan fingerprint density at radius 3 is 0.812 bits per heavy atom. The average Bonchev–Trinajstić information content (AvgIpc) is 3.38. The number of nitrogens with zero attached hydrogens (tertiary/aromatic N) is 2. The van der Waals surface area contributed by atoms with E-state index in [4.69, 9.17) is 0 Å². The van der Waals surface area contributed by atoms with Crippen molar-refractivity contribution in [3.05, 3.63) is 255 Å². The first-order valence-electron chi connectivity index (χ1n) is 22.0. The number of para-hydroxylation sites is 2. The highest BCUT2D eigenvalue weighted by molar-refractivity contribution is 6.39. The van der Waals surface area contributed by atoms with E-state index < -0.39 is 0 Å². The first-order chi connectivity index (χ1) is 31.8. The lowest BCUT2D eigenvalue weighted by Gasteiger charge is -2.27. The molecule has 300 valence electrons. The second kappa shape index (κ2) is 15.8. The summed E-state index contributed by atoms with van der Waals surface area (Å²) in [6.45, 7) is 0. The van der Waals surface area contributed by atoms with Crippen molar-refractivity contribution < 1.29 is 0 Å². The molecule has 12 rings (SSSR count). The van der Waals surface area contributed by atoms with Crippen LogP contribution in [0.5, 0.6) is 0 Å². The Kier molecular flexibility index (Phi) is 9.20. The number of hydrogen-bond acceptors (Lipinski definition) is 2. The predicted octanol–water partition coefficient (Wildman–Crippen LogP) is 17.7. The van der Waals surface area contributed by atoms with Crippen molar-refractivity contribution in [2.24, 2.45) is 0 Å². The van der Waals surface area contributed by atoms with E-state index in [2.05, 4.69) is 265 Å². The summed E-state index contributed by atoms with van der Waals surface area (Å²) in [6, 6.07) is 92.6. The Hall–Kier alpha value is -8.46. The molecule has 0 amide bonds. The molecule has 0 N–H and O–H groups in total. The molecular weight excluding hydrogens is 773 g/mol. The maximum absolute atomic E-state index is 2.40. The highest BCUT2D eigenvalue weighted by atomic mass is 15.1. The Balaban J connectivity index is 1.06. The maximum Gasteiger partial charge on any atom is 0.0468 e. The molecule has 0 aliphatic rings. The van der Waals surface area contributed by atoms with Crippen LogP contribution in [0.4, 0.5) is 34.1 Å². The minimum Gasteiger partial charge on any atom is -0.310 e. The number of fused-ring (bicyclic) bond motifs is 11. The first-order valence-corrected chi connectivity index (χ1v) is 22.0. The quantitative estimate of drug-likeness (QED) is 0.141. The Morgan fingerprint density at radius 1 is 0.172 bits per heavy atom. The molecule has 12 aromatic carbocycles. The van der Waals surface area contributed by atoms with Gasteiger partial charge < -0.3 is 9.80 Å². The molecule has 0 heterocycles. The van der Waals surface area contributed by atoms with Gasteiger partial charge in [-0.25, -0.2) is 0 Å². The molecule has 2 nitrogen and oxygen atoms in total. The first kappa shape index (κ1) is 37.3. The van der Waals surface area contributed by atoms with Crippen LogP contribution < -0.4 is 9.80 Å². The summed E-state index contributed by atoms with van der Waals surface area (Å²) in [6.07, 6.45) is 0. The van der Waals surface area contributed by atoms with Gasteiger partial charge in [-0.2, -0.15) is 0 Å². The maximum atomic E-state index is 2.40. The van der Waals surface area contributed by atoms with Crippen molar-refractivity contribution in [1.82, 2.24) is 0 Å². The zero-order valence-electron chi connectivity index (χ0n) is 35.1. The fourth-order valence-corrected chi connectivity index (χ4v) is 9.84. The molecule has 0 unspecified atom stereocenters. The van der Waals surface area contributed by atoms with E-state index >= 15 is 0 Å². The molecule has 0 aliphatic heterocycles. The number of rotatable bonds is 8. The Labute approximate surface area is 373 Å². The largest absolute Gasteiger partial charge is 0.310 e. The van der Waals surface area contributed by atoms with Crippen LogP contribution in [0.15, 0.2) is 255 Å². The molecule has 0 aliphatic carbocycles. The standard InChI is InChI=1S/C62H42N2/c1-5-17-43(18-6-1)45-29-33-49(34-30-45)63(47-21-9-3-10-22-47)51-37-39-57-59(41-51)53-25-13-15-27-55(53)62-58-40-38-52(42-60(58)54-26-14-16-28-56(54)61(57)62)64(48-23-11-4-12-24-48)50-35-31-46(32-36-50)44-19-7-2-8-20-44/h1-42H. The van der Waals surface area contributed by atoms with E-state index in [1.54, 1.807) is 0 Å². The van der Waals surface area contributed by atoms with Gasteiger partial charge in [0.2, 0.25) is 0 Å². The van der Waals surface area contributed by atoms with E-state index in [-0.39, 0.29) is 0 Å². The minimum absolute atomic E-state index is 1.11. The van der Waals surface area contributed by atoms with Gasteiger partial charge in [0.1, 0.15) is 0 Å². The van der Waals surface area contributed by atoms with Crippen LogP contribution >= 0.6 is 0 Å². The molecule has 0 fully saturated rings. The molecule has 12 aromatic rings. The number of hydrogen-bond donors (Lipinski definition) is 0. The van der Waals surface area contributed by atoms with Crippen LogP contribution in [-0.4, -0.2) is 0 Å². The molecule has 2 heteroatoms. The van der Waals surface area contributed by atoms with E-state index in [0.717, 1.165) is 34.1 Å². The smallest absolute Gasteiger partial charge is 0.0468 e. The lowest BCUT2D eigenvalue weighted by Crippen LogP contribution is -2.10. The summed E-state index contributed by atoms with van der Waals surface area (Å²) < 4.78 is 0. The summed E-state index contributed by atoms with van der Waals surface area (Å²) in [5.74, 6) is 0. The second-order valence-corrected chi connectivity index (χ2v) is 16.5. The van der Waals surface area contributed by atoms with E-state index in [1.165, 1.54) is 76.1 Å². The van der Waals surface area contributed by atoms with E-state index in [1.807, 2.05) is 0 Å². The molecule has 0 spiro atoms. The van der Waals surface area contributed by atoms with Crippen LogP contribution in [0, 0.1) is 0 Å². The minimum atomic E-state index is 1.11. The monoisotopic (exact) mass is 814 g/mol. The lowest BCUT2D eigenvalue weighted by atomic mass is 9.87. The van der Waals surface area contributed by atoms with Gasteiger partial charge >= 0.3 is 0 Å². The van der Waals surface area contributed by atoms with Gasteiger partial charge in [0.05, 0.1) is 0 Å². The molecule has 0 bridgehead atoms. The van der Waals surface area contributed by atoms with Gasteiger partial charge in [0, 0.05) is 34.1 Å². The average molecular weight is 815 g/mol. The van der Waals surface area contributed by atoms with Crippen molar-refractivity contribution in [3.8, 4) is 22.3 Å². The third kappa shape index (κ3) is 6.44. The molecule has 0 radical (unpaired) electrons. The number of anilines is 6.